The first kappa shape index (κ1) is 62.9. The van der Waals surface area contributed by atoms with Crippen LogP contribution >= 0.6 is 11.8 Å². The predicted molar refractivity (Wildman–Crippen MR) is 345 cm³/mol. The normalized spacial score (nSPS) is 18.7. The van der Waals surface area contributed by atoms with Gasteiger partial charge >= 0.3 is 0 Å². The number of benzene rings is 5. The minimum atomic E-state index is -0.651. The van der Waals surface area contributed by atoms with E-state index in [1.165, 1.54) is 23.1 Å². The van der Waals surface area contributed by atoms with Crippen LogP contribution in [-0.2, 0) is 54.6 Å². The second-order valence-corrected chi connectivity index (χ2v) is 26.9. The van der Waals surface area contributed by atoms with Crippen LogP contribution in [0.1, 0.15) is 116 Å². The maximum Gasteiger partial charge on any atom is 0.261 e. The number of nitrogens with one attached hydrogen (secondary N) is 2. The first-order valence-electron chi connectivity index (χ1n) is 31.2. The number of para-hydroxylation sites is 2. The van der Waals surface area contributed by atoms with Crippen LogP contribution in [0.3, 0.4) is 0 Å². The number of carbonyl (C=O) groups is 5. The van der Waals surface area contributed by atoms with Crippen molar-refractivity contribution in [1.29, 1.82) is 0 Å². The number of nitrogens with zero attached hydrogens (tertiary/aromatic N) is 5. The van der Waals surface area contributed by atoms with Gasteiger partial charge in [-0.05, 0) is 118 Å². The van der Waals surface area contributed by atoms with Crippen molar-refractivity contribution in [3.63, 3.8) is 0 Å². The molecule has 5 aliphatic heterocycles. The summed E-state index contributed by atoms with van der Waals surface area (Å²) in [5.74, 6) is 0.961. The number of carbonyl (C=O) groups excluding carboxylic acids is 5. The second kappa shape index (κ2) is 27.6. The van der Waals surface area contributed by atoms with Crippen LogP contribution in [0.2, 0.25) is 0 Å². The van der Waals surface area contributed by atoms with Crippen LogP contribution in [-0.4, -0.2) is 149 Å². The van der Waals surface area contributed by atoms with Gasteiger partial charge in [-0.2, -0.15) is 0 Å². The molecule has 0 spiro atoms. The number of thioether (sulfide) groups is 1. The summed E-state index contributed by atoms with van der Waals surface area (Å²) in [6, 6.07) is 28.8. The van der Waals surface area contributed by atoms with Gasteiger partial charge in [-0.25, -0.2) is 0 Å². The summed E-state index contributed by atoms with van der Waals surface area (Å²) in [4.78, 5) is 81.9. The molecule has 6 aliphatic rings. The lowest BCUT2D eigenvalue weighted by molar-refractivity contribution is -0.138. The third kappa shape index (κ3) is 14.2. The van der Waals surface area contributed by atoms with E-state index in [4.69, 9.17) is 38.2 Å². The van der Waals surface area contributed by atoms with Gasteiger partial charge in [0.05, 0.1) is 87.1 Å². The summed E-state index contributed by atoms with van der Waals surface area (Å²) >= 11 is 1.45. The molecule has 472 valence electrons. The molecule has 5 aromatic rings. The van der Waals surface area contributed by atoms with E-state index in [9.17, 15) is 24.0 Å². The molecule has 5 aromatic carbocycles. The summed E-state index contributed by atoms with van der Waals surface area (Å²) in [6.45, 7) is 11.8. The number of ether oxygens (including phenoxy) is 7. The molecule has 2 N–H and O–H groups in total. The van der Waals surface area contributed by atoms with Gasteiger partial charge in [0.15, 0.2) is 23.0 Å². The Balaban J connectivity index is 0.863. The fraction of sp³-hybridized carbons (Fsp3) is 0.478. The van der Waals surface area contributed by atoms with Crippen LogP contribution in [0.25, 0.3) is 0 Å². The van der Waals surface area contributed by atoms with Gasteiger partial charge in [0.25, 0.3) is 11.8 Å². The van der Waals surface area contributed by atoms with Gasteiger partial charge in [0.1, 0.15) is 13.2 Å². The minimum Gasteiger partial charge on any atom is -0.493 e. The van der Waals surface area contributed by atoms with Crippen LogP contribution in [0, 0.1) is 5.92 Å². The highest BCUT2D eigenvalue weighted by Gasteiger charge is 2.44. The van der Waals surface area contributed by atoms with Crippen molar-refractivity contribution in [1.82, 2.24) is 10.2 Å². The van der Waals surface area contributed by atoms with Gasteiger partial charge in [-0.3, -0.25) is 38.8 Å². The lowest BCUT2D eigenvalue weighted by Crippen LogP contribution is -2.50. The molecule has 20 heteroatoms. The van der Waals surface area contributed by atoms with E-state index in [0.717, 1.165) is 71.4 Å². The Labute approximate surface area is 526 Å². The lowest BCUT2D eigenvalue weighted by Gasteiger charge is -2.38. The quantitative estimate of drug-likeness (QED) is 0.0372. The van der Waals surface area contributed by atoms with Crippen LogP contribution < -0.4 is 44.3 Å². The maximum atomic E-state index is 14.4. The van der Waals surface area contributed by atoms with E-state index in [-0.39, 0.29) is 79.8 Å². The zero-order valence-corrected chi connectivity index (χ0v) is 53.0. The fourth-order valence-electron chi connectivity index (χ4n) is 13.4. The van der Waals surface area contributed by atoms with Crippen molar-refractivity contribution in [2.75, 3.05) is 101 Å². The highest BCUT2D eigenvalue weighted by atomic mass is 32.2. The number of anilines is 4. The van der Waals surface area contributed by atoms with E-state index in [1.807, 2.05) is 65.7 Å². The summed E-state index contributed by atoms with van der Waals surface area (Å²) in [5.41, 5.74) is 7.99. The Morgan fingerprint density at radius 2 is 1.34 bits per heavy atom. The van der Waals surface area contributed by atoms with E-state index in [1.54, 1.807) is 44.4 Å². The number of fused-ring (bicyclic) bond motifs is 8. The van der Waals surface area contributed by atoms with Gasteiger partial charge < -0.3 is 53.6 Å². The summed E-state index contributed by atoms with van der Waals surface area (Å²) in [6.07, 6.45) is 8.97. The van der Waals surface area contributed by atoms with Crippen molar-refractivity contribution in [2.45, 2.75) is 126 Å². The summed E-state index contributed by atoms with van der Waals surface area (Å²) in [7, 11) is 4.73. The van der Waals surface area contributed by atoms with E-state index in [2.05, 4.69) is 61.4 Å². The Morgan fingerprint density at radius 3 is 2.03 bits per heavy atom. The molecular weight excluding hydrogens is 1150 g/mol. The monoisotopic (exact) mass is 1230 g/mol. The largest absolute Gasteiger partial charge is 0.493 e. The maximum absolute atomic E-state index is 14.4. The Bertz CT molecular complexity index is 3480. The second-order valence-electron chi connectivity index (χ2n) is 25.0. The van der Waals surface area contributed by atoms with Crippen molar-refractivity contribution < 1.29 is 57.1 Å². The molecule has 89 heavy (non-hydrogen) atoms. The topological polar surface area (TPSA) is 199 Å². The van der Waals surface area contributed by atoms with E-state index in [0.29, 0.717) is 111 Å². The molecule has 11 rings (SSSR count). The molecule has 0 radical (unpaired) electrons. The third-order valence-corrected chi connectivity index (χ3v) is 19.3. The van der Waals surface area contributed by atoms with Crippen molar-refractivity contribution in [3.8, 4) is 23.0 Å². The molecule has 0 aromatic heterocycles. The zero-order valence-electron chi connectivity index (χ0n) is 52.2. The van der Waals surface area contributed by atoms with Crippen molar-refractivity contribution >= 4 is 75.9 Å². The molecule has 2 fully saturated rings. The highest BCUT2D eigenvalue weighted by molar-refractivity contribution is 8.02. The van der Waals surface area contributed by atoms with Crippen LogP contribution in [0.4, 0.5) is 28.4 Å². The van der Waals surface area contributed by atoms with Gasteiger partial charge in [-0.1, -0.05) is 55.7 Å². The van der Waals surface area contributed by atoms with E-state index >= 15 is 0 Å². The predicted octanol–water partition coefficient (Wildman–Crippen LogP) is 10.1. The fourth-order valence-corrected chi connectivity index (χ4v) is 14.8. The Morgan fingerprint density at radius 1 is 0.708 bits per heavy atom. The molecule has 1 aliphatic carbocycles. The number of hydrogen-bond acceptors (Lipinski definition) is 16. The number of likely N-dealkylation sites (tertiary alicyclic amines) is 1. The Hall–Kier alpha value is -7.65. The molecule has 1 saturated heterocycles. The SMILES string of the molecule is COCCOCCOCCN(CC(C)(C)SC1CC(=O)N(CCC(=O)NC(C)(C)C2CCCCC2)C1=O)c1cc(COc2cc3c(cc2OC)C(=O)N2c4ccccc4C[C@H]2C=N3)cc(COc2cc3c(cc2OC)C(=O)N2c4ccccc4C[C@H]2CN3)c1. The number of aliphatic imine (C=N–C) groups is 1. The molecule has 1 saturated carbocycles. The molecule has 5 amide bonds. The zero-order chi connectivity index (χ0) is 62.4. The number of amides is 5. The summed E-state index contributed by atoms with van der Waals surface area (Å²) in [5, 5.41) is 6.11. The van der Waals surface area contributed by atoms with Crippen molar-refractivity contribution in [2.24, 2.45) is 10.9 Å². The third-order valence-electron chi connectivity index (χ3n) is 17.9. The number of rotatable bonds is 27. The van der Waals surface area contributed by atoms with Gasteiger partial charge in [-0.15, -0.1) is 11.8 Å². The van der Waals surface area contributed by atoms with Crippen LogP contribution in [0.5, 0.6) is 23.0 Å². The average molecular weight is 1230 g/mol. The summed E-state index contributed by atoms with van der Waals surface area (Å²) < 4.78 is 41.7. The smallest absolute Gasteiger partial charge is 0.261 e. The lowest BCUT2D eigenvalue weighted by atomic mass is 9.76. The standard InChI is InChI=1S/C69H83N7O12S/c1-68(2,89-62-38-64(78)74(67(62)81)22-21-63(77)72-69(3,4)48-17-9-8-10-18-48)43-73(23-24-85-27-28-86-26-25-82-5)49-30-44(41-87-60-36-54-52(34-58(60)83-6)65(79)75-50(39-70-54)32-46-15-11-13-19-56(46)75)29-45(31-49)42-88-61-37-55-53(35-59(61)84-7)66(80)76-51(40-71-55)33-47-16-12-14-20-57(47)76/h11-16,19-20,29-31,34-37,39,48,50-51,62,71H,8-10,17-18,21-28,32-33,38,40-43H2,1-7H3,(H,72,77)/t50-,51-,62?/m0/s1. The molecule has 19 nitrogen and oxygen atoms in total. The molecule has 3 atom stereocenters. The molecular formula is C69H83N7O12S. The number of hydrogen-bond donors (Lipinski definition) is 2. The highest BCUT2D eigenvalue weighted by Crippen LogP contribution is 2.44. The Kier molecular flexibility index (Phi) is 19.5. The van der Waals surface area contributed by atoms with Crippen LogP contribution in [0.15, 0.2) is 96.0 Å². The number of methoxy groups -OCH3 is 3. The average Bonchev–Trinajstić information content (AvgIpc) is 2.21. The number of imide groups is 1. The first-order valence-corrected chi connectivity index (χ1v) is 32.0. The van der Waals surface area contributed by atoms with Gasteiger partial charge in [0.2, 0.25) is 17.7 Å². The molecule has 5 heterocycles. The van der Waals surface area contributed by atoms with Gasteiger partial charge in [0, 0.05) is 98.2 Å². The molecule has 0 bridgehead atoms. The minimum absolute atomic E-state index is 0.0247. The van der Waals surface area contributed by atoms with Crippen molar-refractivity contribution in [3.05, 3.63) is 124 Å². The van der Waals surface area contributed by atoms with E-state index < -0.39 is 10.00 Å². The first-order chi connectivity index (χ1) is 43.0. The molecule has 1 unspecified atom stereocenters.